The second-order valence-electron chi connectivity index (χ2n) is 5.58. The van der Waals surface area contributed by atoms with Crippen LogP contribution in [0.25, 0.3) is 0 Å². The van der Waals surface area contributed by atoms with Crippen LogP contribution in [0.5, 0.6) is 23.1 Å². The van der Waals surface area contributed by atoms with E-state index in [1.165, 1.54) is 21.3 Å². The maximum atomic E-state index is 9.61. The summed E-state index contributed by atoms with van der Waals surface area (Å²) in [5, 5.41) is 24.6. The van der Waals surface area contributed by atoms with Gasteiger partial charge in [-0.2, -0.15) is 5.26 Å². The smallest absolute Gasteiger partial charge is 0.243 e. The van der Waals surface area contributed by atoms with Crippen LogP contribution in [-0.4, -0.2) is 37.4 Å². The topological polar surface area (TPSA) is 113 Å². The Labute approximate surface area is 144 Å². The molecule has 0 radical (unpaired) electrons. The first-order valence-electron chi connectivity index (χ1n) is 7.56. The van der Waals surface area contributed by atoms with E-state index in [9.17, 15) is 5.26 Å². The van der Waals surface area contributed by atoms with Crippen molar-refractivity contribution < 1.29 is 18.9 Å². The number of aromatic nitrogens is 2. The molecule has 1 aliphatic heterocycles. The Balaban J connectivity index is 2.25. The lowest BCUT2D eigenvalue weighted by atomic mass is 9.79. The van der Waals surface area contributed by atoms with Crippen molar-refractivity contribution in [1.29, 1.82) is 10.7 Å². The number of H-pyrrole nitrogens is 1. The van der Waals surface area contributed by atoms with Crippen molar-refractivity contribution in [2.24, 2.45) is 5.92 Å². The largest absolute Gasteiger partial charge is 0.493 e. The summed E-state index contributed by atoms with van der Waals surface area (Å²) in [6.07, 6.45) is 0. The van der Waals surface area contributed by atoms with Crippen molar-refractivity contribution in [1.82, 2.24) is 10.2 Å². The van der Waals surface area contributed by atoms with Crippen LogP contribution < -0.4 is 18.9 Å². The van der Waals surface area contributed by atoms with Gasteiger partial charge in [-0.05, 0) is 24.6 Å². The highest BCUT2D eigenvalue weighted by atomic mass is 16.5. The highest BCUT2D eigenvalue weighted by Crippen LogP contribution is 2.47. The van der Waals surface area contributed by atoms with Gasteiger partial charge >= 0.3 is 0 Å². The predicted octanol–water partition coefficient (Wildman–Crippen LogP) is 2.39. The van der Waals surface area contributed by atoms with Gasteiger partial charge in [0.1, 0.15) is 5.92 Å². The van der Waals surface area contributed by atoms with Crippen LogP contribution >= 0.6 is 0 Å². The molecule has 2 unspecified atom stereocenters. The van der Waals surface area contributed by atoms with Gasteiger partial charge in [0.05, 0.1) is 27.4 Å². The third-order valence-corrected chi connectivity index (χ3v) is 4.28. The number of aromatic amines is 1. The van der Waals surface area contributed by atoms with Crippen LogP contribution in [-0.2, 0) is 0 Å². The molecular weight excluding hydrogens is 324 g/mol. The molecule has 1 aromatic carbocycles. The van der Waals surface area contributed by atoms with Gasteiger partial charge in [0.2, 0.25) is 17.5 Å². The molecule has 8 heteroatoms. The molecule has 0 amide bonds. The molecule has 3 rings (SSSR count). The number of hydrogen-bond donors (Lipinski definition) is 2. The summed E-state index contributed by atoms with van der Waals surface area (Å²) in [5.74, 6) is 0.380. The van der Waals surface area contributed by atoms with E-state index in [0.29, 0.717) is 23.1 Å². The Kier molecular flexibility index (Phi) is 4.23. The molecule has 0 saturated heterocycles. The average Bonchev–Trinajstić information content (AvgIpc) is 2.99. The monoisotopic (exact) mass is 342 g/mol. The van der Waals surface area contributed by atoms with Gasteiger partial charge in [-0.1, -0.05) is 0 Å². The highest BCUT2D eigenvalue weighted by molar-refractivity contribution is 5.85. The molecule has 2 N–H and O–H groups in total. The van der Waals surface area contributed by atoms with Crippen molar-refractivity contribution >= 4 is 5.90 Å². The Morgan fingerprint density at radius 3 is 2.36 bits per heavy atom. The molecule has 25 heavy (non-hydrogen) atoms. The fourth-order valence-electron chi connectivity index (χ4n) is 3.12. The molecule has 8 nitrogen and oxygen atoms in total. The summed E-state index contributed by atoms with van der Waals surface area (Å²) in [5.41, 5.74) is 2.28. The summed E-state index contributed by atoms with van der Waals surface area (Å²) >= 11 is 0. The fourth-order valence-corrected chi connectivity index (χ4v) is 3.12. The molecule has 2 heterocycles. The third-order valence-electron chi connectivity index (χ3n) is 4.28. The molecule has 1 aromatic heterocycles. The quantitative estimate of drug-likeness (QED) is 0.882. The van der Waals surface area contributed by atoms with Gasteiger partial charge in [0.25, 0.3) is 0 Å². The minimum atomic E-state index is -0.786. The van der Waals surface area contributed by atoms with E-state index in [-0.39, 0.29) is 5.90 Å². The second-order valence-corrected chi connectivity index (χ2v) is 5.58. The number of methoxy groups -OCH3 is 3. The number of ether oxygens (including phenoxy) is 4. The highest BCUT2D eigenvalue weighted by Gasteiger charge is 2.40. The van der Waals surface area contributed by atoms with Gasteiger partial charge in [-0.15, -0.1) is 5.10 Å². The van der Waals surface area contributed by atoms with Gasteiger partial charge in [-0.25, -0.2) is 0 Å². The number of nitrogens with one attached hydrogen (secondary N) is 2. The van der Waals surface area contributed by atoms with E-state index in [1.807, 2.05) is 6.92 Å². The Morgan fingerprint density at radius 2 is 1.84 bits per heavy atom. The Morgan fingerprint density at radius 1 is 1.20 bits per heavy atom. The van der Waals surface area contributed by atoms with Crippen LogP contribution in [0, 0.1) is 29.6 Å². The number of nitrogens with zero attached hydrogens (tertiary/aromatic N) is 2. The lowest BCUT2D eigenvalue weighted by Crippen LogP contribution is -2.31. The van der Waals surface area contributed by atoms with Crippen LogP contribution in [0.1, 0.15) is 22.7 Å². The molecule has 2 aromatic rings. The fraction of sp³-hybridized carbons (Fsp3) is 0.353. The molecule has 2 atom stereocenters. The normalized spacial score (nSPS) is 18.8. The maximum absolute atomic E-state index is 9.61. The van der Waals surface area contributed by atoms with Crippen molar-refractivity contribution in [2.75, 3.05) is 21.3 Å². The summed E-state index contributed by atoms with van der Waals surface area (Å²) in [6, 6.07) is 5.73. The standard InChI is InChI=1S/C17H18N4O4/c1-8-13-14(10(7-18)16(19)25-17(13)21-20-8)9-5-11(22-2)15(24-4)12(6-9)23-3/h5-6,10,14,19H,1-4H3,(H,20,21). The lowest BCUT2D eigenvalue weighted by molar-refractivity contribution is 0.323. The van der Waals surface area contributed by atoms with Crippen molar-refractivity contribution in [3.8, 4) is 29.2 Å². The van der Waals surface area contributed by atoms with E-state index in [4.69, 9.17) is 24.4 Å². The van der Waals surface area contributed by atoms with Crippen LogP contribution in [0.4, 0.5) is 0 Å². The first kappa shape index (κ1) is 16.6. The predicted molar refractivity (Wildman–Crippen MR) is 88.7 cm³/mol. The first-order valence-corrected chi connectivity index (χ1v) is 7.56. The van der Waals surface area contributed by atoms with Crippen molar-refractivity contribution in [3.63, 3.8) is 0 Å². The zero-order valence-corrected chi connectivity index (χ0v) is 14.3. The number of hydrogen-bond acceptors (Lipinski definition) is 7. The Bertz CT molecular complexity index is 843. The summed E-state index contributed by atoms with van der Waals surface area (Å²) in [6.45, 7) is 1.85. The van der Waals surface area contributed by atoms with Gasteiger partial charge < -0.3 is 18.9 Å². The van der Waals surface area contributed by atoms with Crippen LogP contribution in [0.3, 0.4) is 0 Å². The molecule has 0 aliphatic carbocycles. The third kappa shape index (κ3) is 2.54. The molecule has 0 saturated carbocycles. The zero-order valence-electron chi connectivity index (χ0n) is 14.3. The number of benzene rings is 1. The molecule has 0 spiro atoms. The van der Waals surface area contributed by atoms with E-state index in [1.54, 1.807) is 12.1 Å². The molecule has 0 bridgehead atoms. The summed E-state index contributed by atoms with van der Waals surface area (Å²) in [7, 11) is 4.59. The average molecular weight is 342 g/mol. The summed E-state index contributed by atoms with van der Waals surface area (Å²) in [4.78, 5) is 0. The lowest BCUT2D eigenvalue weighted by Gasteiger charge is -2.28. The first-order chi connectivity index (χ1) is 12.0. The second kappa shape index (κ2) is 6.36. The Hall–Kier alpha value is -3.21. The van der Waals surface area contributed by atoms with E-state index < -0.39 is 11.8 Å². The molecular formula is C17H18N4O4. The number of rotatable bonds is 4. The minimum absolute atomic E-state index is 0.139. The van der Waals surface area contributed by atoms with E-state index in [0.717, 1.165) is 16.8 Å². The molecule has 130 valence electrons. The van der Waals surface area contributed by atoms with Gasteiger partial charge in [0, 0.05) is 17.2 Å². The van der Waals surface area contributed by atoms with Gasteiger partial charge in [0.15, 0.2) is 11.5 Å². The minimum Gasteiger partial charge on any atom is -0.493 e. The zero-order chi connectivity index (χ0) is 18.1. The van der Waals surface area contributed by atoms with E-state index >= 15 is 0 Å². The van der Waals surface area contributed by atoms with E-state index in [2.05, 4.69) is 16.3 Å². The van der Waals surface area contributed by atoms with Crippen LogP contribution in [0.2, 0.25) is 0 Å². The van der Waals surface area contributed by atoms with Crippen molar-refractivity contribution in [2.45, 2.75) is 12.8 Å². The number of nitriles is 1. The molecule has 0 fully saturated rings. The van der Waals surface area contributed by atoms with Crippen LogP contribution in [0.15, 0.2) is 12.1 Å². The molecule has 1 aliphatic rings. The van der Waals surface area contributed by atoms with Gasteiger partial charge in [-0.3, -0.25) is 10.5 Å². The maximum Gasteiger partial charge on any atom is 0.243 e. The van der Waals surface area contributed by atoms with Crippen molar-refractivity contribution in [3.05, 3.63) is 29.0 Å². The summed E-state index contributed by atoms with van der Waals surface area (Å²) < 4.78 is 21.6. The number of aryl methyl sites for hydroxylation is 1. The number of fused-ring (bicyclic) bond motifs is 1. The SMILES string of the molecule is COc1cc(C2c3c(n[nH]c3C)OC(=N)C2C#N)cc(OC)c1OC.